The predicted octanol–water partition coefficient (Wildman–Crippen LogP) is 7.03. The van der Waals surface area contributed by atoms with E-state index < -0.39 is 0 Å². The van der Waals surface area contributed by atoms with Crippen LogP contribution in [0.4, 0.5) is 0 Å². The smallest absolute Gasteiger partial charge is 0.330 e. The Kier molecular flexibility index (Phi) is 12.5. The van der Waals surface area contributed by atoms with Crippen LogP contribution in [0, 0.1) is 0 Å². The van der Waals surface area contributed by atoms with Gasteiger partial charge in [-0.05, 0) is 48.6 Å². The molecule has 0 amide bonds. The number of hydrogen-bond donors (Lipinski definition) is 0. The molecule has 0 aromatic heterocycles. The highest BCUT2D eigenvalue weighted by Crippen LogP contribution is 2.30. The van der Waals surface area contributed by atoms with Gasteiger partial charge in [-0.3, -0.25) is 4.90 Å². The lowest BCUT2D eigenvalue weighted by atomic mass is 10.00. The van der Waals surface area contributed by atoms with Gasteiger partial charge in [0.15, 0.2) is 11.5 Å². The molecule has 1 aliphatic heterocycles. The van der Waals surface area contributed by atoms with Crippen LogP contribution in [-0.2, 0) is 14.3 Å². The Morgan fingerprint density at radius 3 is 2.24 bits per heavy atom. The largest absolute Gasteiger partial charge is 0.493 e. The van der Waals surface area contributed by atoms with Crippen molar-refractivity contribution < 1.29 is 23.7 Å². The first kappa shape index (κ1) is 30.8. The van der Waals surface area contributed by atoms with Crippen molar-refractivity contribution in [2.45, 2.75) is 32.0 Å². The molecule has 1 fully saturated rings. The molecular formula is C36H41NO5. The fourth-order valence-electron chi connectivity index (χ4n) is 4.85. The lowest BCUT2D eigenvalue weighted by Gasteiger charge is -2.33. The van der Waals surface area contributed by atoms with Gasteiger partial charge in [-0.2, -0.15) is 0 Å². The van der Waals surface area contributed by atoms with Crippen LogP contribution in [0.3, 0.4) is 0 Å². The van der Waals surface area contributed by atoms with Gasteiger partial charge in [-0.15, -0.1) is 0 Å². The third-order valence-corrected chi connectivity index (χ3v) is 7.04. The molecule has 220 valence electrons. The van der Waals surface area contributed by atoms with Gasteiger partial charge in [0.05, 0.1) is 19.8 Å². The van der Waals surface area contributed by atoms with Crippen LogP contribution in [0.1, 0.15) is 42.6 Å². The minimum Gasteiger partial charge on any atom is -0.493 e. The van der Waals surface area contributed by atoms with E-state index in [9.17, 15) is 4.79 Å². The molecule has 0 saturated carbocycles. The second-order valence-electron chi connectivity index (χ2n) is 10.0. The van der Waals surface area contributed by atoms with Gasteiger partial charge in [0.25, 0.3) is 0 Å². The van der Waals surface area contributed by atoms with Crippen LogP contribution in [0.2, 0.25) is 0 Å². The minimum atomic E-state index is -0.356. The number of nitrogens with zero attached hydrogens (tertiary/aromatic N) is 1. The van der Waals surface area contributed by atoms with E-state index >= 15 is 0 Å². The second kappa shape index (κ2) is 17.0. The number of carbonyl (C=O) groups is 1. The first-order valence-corrected chi connectivity index (χ1v) is 14.6. The Hall–Kier alpha value is -4.13. The topological polar surface area (TPSA) is 57.2 Å². The number of carbonyl (C=O) groups excluding carboxylic acids is 1. The van der Waals surface area contributed by atoms with Crippen molar-refractivity contribution in [2.75, 3.05) is 40.0 Å². The van der Waals surface area contributed by atoms with E-state index in [0.29, 0.717) is 24.7 Å². The van der Waals surface area contributed by atoms with Gasteiger partial charge in [0, 0.05) is 25.7 Å². The number of esters is 1. The molecule has 1 aliphatic rings. The number of ether oxygens (including phenoxy) is 4. The third kappa shape index (κ3) is 9.75. The molecule has 3 aromatic rings. The normalized spacial score (nSPS) is 14.7. The Labute approximate surface area is 249 Å². The summed E-state index contributed by atoms with van der Waals surface area (Å²) in [6.45, 7) is 5.50. The summed E-state index contributed by atoms with van der Waals surface area (Å²) in [6.07, 6.45) is 13.1. The summed E-state index contributed by atoms with van der Waals surface area (Å²) in [5, 5.41) is 0. The van der Waals surface area contributed by atoms with Gasteiger partial charge in [-0.25, -0.2) is 4.79 Å². The first-order valence-electron chi connectivity index (χ1n) is 14.6. The second-order valence-corrected chi connectivity index (χ2v) is 10.0. The lowest BCUT2D eigenvalue weighted by molar-refractivity contribution is -0.137. The highest BCUT2D eigenvalue weighted by atomic mass is 16.5. The highest BCUT2D eigenvalue weighted by Gasteiger charge is 2.24. The molecule has 0 N–H and O–H groups in total. The molecule has 0 radical (unpaired) electrons. The van der Waals surface area contributed by atoms with Gasteiger partial charge in [0.2, 0.25) is 0 Å². The Balaban J connectivity index is 1.20. The SMILES string of the molecule is CCOC(=O)C=CC=Cc1ccc(OCC=CCN2CCC(OC(c3ccccc3)c3ccccc3)CC2)c(OC)c1. The summed E-state index contributed by atoms with van der Waals surface area (Å²) in [5.41, 5.74) is 3.33. The van der Waals surface area contributed by atoms with Crippen molar-refractivity contribution in [3.63, 3.8) is 0 Å². The Morgan fingerprint density at radius 1 is 0.905 bits per heavy atom. The van der Waals surface area contributed by atoms with Gasteiger partial charge in [-0.1, -0.05) is 97.1 Å². The number of benzene rings is 3. The Morgan fingerprint density at radius 2 is 1.60 bits per heavy atom. The zero-order valence-electron chi connectivity index (χ0n) is 24.6. The van der Waals surface area contributed by atoms with Crippen molar-refractivity contribution in [2.24, 2.45) is 0 Å². The molecule has 42 heavy (non-hydrogen) atoms. The summed E-state index contributed by atoms with van der Waals surface area (Å²) >= 11 is 0. The number of allylic oxidation sites excluding steroid dienone is 2. The van der Waals surface area contributed by atoms with Crippen LogP contribution < -0.4 is 9.47 Å². The number of rotatable bonds is 14. The molecule has 1 saturated heterocycles. The Bertz CT molecular complexity index is 1270. The van der Waals surface area contributed by atoms with Gasteiger partial charge in [0.1, 0.15) is 12.7 Å². The molecule has 0 unspecified atom stereocenters. The summed E-state index contributed by atoms with van der Waals surface area (Å²) in [5.74, 6) is 0.989. The van der Waals surface area contributed by atoms with Crippen molar-refractivity contribution in [1.82, 2.24) is 4.90 Å². The maximum absolute atomic E-state index is 11.4. The lowest BCUT2D eigenvalue weighted by Crippen LogP contribution is -2.37. The first-order chi connectivity index (χ1) is 20.7. The van der Waals surface area contributed by atoms with Crippen LogP contribution >= 0.6 is 0 Å². The predicted molar refractivity (Wildman–Crippen MR) is 168 cm³/mol. The van der Waals surface area contributed by atoms with Crippen molar-refractivity contribution in [3.8, 4) is 11.5 Å². The van der Waals surface area contributed by atoms with Crippen LogP contribution in [0.25, 0.3) is 6.08 Å². The van der Waals surface area contributed by atoms with Crippen molar-refractivity contribution >= 4 is 12.0 Å². The van der Waals surface area contributed by atoms with Crippen LogP contribution in [-0.4, -0.2) is 56.9 Å². The zero-order chi connectivity index (χ0) is 29.4. The fraction of sp³-hybridized carbons (Fsp3) is 0.306. The summed E-state index contributed by atoms with van der Waals surface area (Å²) in [7, 11) is 1.63. The average Bonchev–Trinajstić information content (AvgIpc) is 3.04. The van der Waals surface area contributed by atoms with E-state index in [1.807, 2.05) is 36.4 Å². The summed E-state index contributed by atoms with van der Waals surface area (Å²) in [6, 6.07) is 26.7. The van der Waals surface area contributed by atoms with Crippen molar-refractivity contribution in [3.05, 3.63) is 126 Å². The van der Waals surface area contributed by atoms with Crippen LogP contribution in [0.5, 0.6) is 11.5 Å². The summed E-state index contributed by atoms with van der Waals surface area (Å²) < 4.78 is 23.0. The van der Waals surface area contributed by atoms with Crippen LogP contribution in [0.15, 0.2) is 109 Å². The molecule has 4 rings (SSSR count). The number of piperidine rings is 1. The zero-order valence-corrected chi connectivity index (χ0v) is 24.6. The monoisotopic (exact) mass is 567 g/mol. The van der Waals surface area contributed by atoms with Gasteiger partial charge >= 0.3 is 5.97 Å². The standard InChI is InChI=1S/C36H41NO5/c1-3-40-35(38)19-11-10-14-29-20-21-33(34(28-29)39-2)41-27-13-12-24-37-25-22-32(23-26-37)42-36(30-15-6-4-7-16-30)31-17-8-5-9-18-31/h4-21,28,32,36H,3,22-27H2,1-2H3. The van der Waals surface area contributed by atoms with Gasteiger partial charge < -0.3 is 18.9 Å². The number of methoxy groups -OCH3 is 1. The van der Waals surface area contributed by atoms with E-state index in [4.69, 9.17) is 18.9 Å². The van der Waals surface area contributed by atoms with E-state index in [2.05, 4.69) is 65.6 Å². The van der Waals surface area contributed by atoms with E-state index in [0.717, 1.165) is 38.0 Å². The fourth-order valence-corrected chi connectivity index (χ4v) is 4.85. The van der Waals surface area contributed by atoms with E-state index in [-0.39, 0.29) is 18.2 Å². The molecule has 1 heterocycles. The van der Waals surface area contributed by atoms with E-state index in [1.165, 1.54) is 17.2 Å². The summed E-state index contributed by atoms with van der Waals surface area (Å²) in [4.78, 5) is 13.8. The number of likely N-dealkylation sites (tertiary alicyclic amines) is 1. The molecule has 0 atom stereocenters. The molecular weight excluding hydrogens is 526 g/mol. The average molecular weight is 568 g/mol. The quantitative estimate of drug-likeness (QED) is 0.0902. The number of hydrogen-bond acceptors (Lipinski definition) is 6. The maximum atomic E-state index is 11.4. The molecule has 0 spiro atoms. The maximum Gasteiger partial charge on any atom is 0.330 e. The third-order valence-electron chi connectivity index (χ3n) is 7.04. The molecule has 6 nitrogen and oxygen atoms in total. The molecule has 0 bridgehead atoms. The molecule has 3 aromatic carbocycles. The minimum absolute atomic E-state index is 0.0452. The highest BCUT2D eigenvalue weighted by molar-refractivity contribution is 5.82. The van der Waals surface area contributed by atoms with E-state index in [1.54, 1.807) is 26.2 Å². The molecule has 0 aliphatic carbocycles. The molecule has 6 heteroatoms. The van der Waals surface area contributed by atoms with Crippen molar-refractivity contribution in [1.29, 1.82) is 0 Å².